The third-order valence-corrected chi connectivity index (χ3v) is 3.69. The van der Waals surface area contributed by atoms with Gasteiger partial charge in [0.2, 0.25) is 5.91 Å². The minimum atomic E-state index is -0.276. The van der Waals surface area contributed by atoms with Crippen LogP contribution in [0.1, 0.15) is 43.7 Å². The molecule has 2 N–H and O–H groups in total. The highest BCUT2D eigenvalue weighted by Gasteiger charge is 2.08. The van der Waals surface area contributed by atoms with E-state index >= 15 is 0 Å². The van der Waals surface area contributed by atoms with Gasteiger partial charge in [0.1, 0.15) is 5.75 Å². The van der Waals surface area contributed by atoms with Crippen LogP contribution in [0.25, 0.3) is 0 Å². The Morgan fingerprint density at radius 2 is 2.04 bits per heavy atom. The van der Waals surface area contributed by atoms with Crippen molar-refractivity contribution < 1.29 is 18.7 Å². The number of nitrogens with one attached hydrogen (secondary N) is 2. The Hall–Kier alpha value is -2.76. The molecule has 140 valence electrons. The number of ether oxygens (including phenoxy) is 1. The number of hydrogen-bond donors (Lipinski definition) is 2. The van der Waals surface area contributed by atoms with E-state index in [1.807, 2.05) is 24.3 Å². The van der Waals surface area contributed by atoms with Crippen LogP contribution < -0.4 is 15.4 Å². The number of carbonyl (C=O) groups is 2. The van der Waals surface area contributed by atoms with Crippen LogP contribution in [0.5, 0.6) is 5.75 Å². The summed E-state index contributed by atoms with van der Waals surface area (Å²) in [5, 5.41) is 5.56. The molecule has 0 saturated heterocycles. The normalized spacial score (nSPS) is 10.6. The molecule has 0 bridgehead atoms. The van der Waals surface area contributed by atoms with Crippen molar-refractivity contribution in [3.05, 3.63) is 48.4 Å². The van der Waals surface area contributed by atoms with Gasteiger partial charge in [-0.1, -0.05) is 19.9 Å². The third-order valence-electron chi connectivity index (χ3n) is 3.69. The van der Waals surface area contributed by atoms with Crippen LogP contribution in [-0.2, 0) is 4.79 Å². The molecule has 0 unspecified atom stereocenters. The molecule has 0 atom stereocenters. The Morgan fingerprint density at radius 3 is 2.77 bits per heavy atom. The first kappa shape index (κ1) is 19.6. The van der Waals surface area contributed by atoms with Crippen LogP contribution in [0.3, 0.4) is 0 Å². The quantitative estimate of drug-likeness (QED) is 0.632. The van der Waals surface area contributed by atoms with Gasteiger partial charge in [0.25, 0.3) is 5.91 Å². The van der Waals surface area contributed by atoms with Gasteiger partial charge < -0.3 is 19.8 Å². The average molecular weight is 358 g/mol. The van der Waals surface area contributed by atoms with E-state index < -0.39 is 0 Å². The lowest BCUT2D eigenvalue weighted by molar-refractivity contribution is -0.116. The molecule has 2 rings (SSSR count). The molecule has 0 aliphatic heterocycles. The minimum Gasteiger partial charge on any atom is -0.494 e. The molecule has 0 aliphatic carbocycles. The molecule has 0 aliphatic rings. The largest absolute Gasteiger partial charge is 0.494 e. The standard InChI is InChI=1S/C20H26N2O4/c1-15(2)10-13-25-17-7-3-6-16(14-17)22-19(23)9-4-11-21-20(24)18-8-5-12-26-18/h3,5-8,12,14-15H,4,9-11,13H2,1-2H3,(H,21,24)(H,22,23). The Kier molecular flexibility index (Phi) is 7.74. The molecule has 0 spiro atoms. The molecule has 0 radical (unpaired) electrons. The van der Waals surface area contributed by atoms with E-state index in [-0.39, 0.29) is 17.6 Å². The van der Waals surface area contributed by atoms with Crippen molar-refractivity contribution in [3.8, 4) is 5.75 Å². The molecule has 0 fully saturated rings. The maximum Gasteiger partial charge on any atom is 0.286 e. The Morgan fingerprint density at radius 1 is 1.19 bits per heavy atom. The second kappa shape index (κ2) is 10.3. The first-order chi connectivity index (χ1) is 12.5. The topological polar surface area (TPSA) is 80.6 Å². The van der Waals surface area contributed by atoms with Crippen LogP contribution in [0.2, 0.25) is 0 Å². The molecule has 6 heteroatoms. The monoisotopic (exact) mass is 358 g/mol. The first-order valence-electron chi connectivity index (χ1n) is 8.89. The number of amides is 2. The zero-order valence-corrected chi connectivity index (χ0v) is 15.3. The predicted octanol–water partition coefficient (Wildman–Crippen LogP) is 3.85. The fourth-order valence-corrected chi connectivity index (χ4v) is 2.25. The highest BCUT2D eigenvalue weighted by Crippen LogP contribution is 2.18. The SMILES string of the molecule is CC(C)CCOc1cccc(NC(=O)CCCNC(=O)c2ccco2)c1. The summed E-state index contributed by atoms with van der Waals surface area (Å²) in [5.74, 6) is 1.22. The molecular formula is C20H26N2O4. The summed E-state index contributed by atoms with van der Waals surface area (Å²) in [6.45, 7) is 5.36. The van der Waals surface area contributed by atoms with E-state index in [0.29, 0.717) is 37.6 Å². The van der Waals surface area contributed by atoms with Gasteiger partial charge in [0.05, 0.1) is 12.9 Å². The summed E-state index contributed by atoms with van der Waals surface area (Å²) < 4.78 is 10.7. The van der Waals surface area contributed by atoms with E-state index in [9.17, 15) is 9.59 Å². The van der Waals surface area contributed by atoms with Crippen LogP contribution in [-0.4, -0.2) is 25.0 Å². The fourth-order valence-electron chi connectivity index (χ4n) is 2.25. The highest BCUT2D eigenvalue weighted by molar-refractivity contribution is 5.92. The van der Waals surface area contributed by atoms with E-state index in [1.54, 1.807) is 12.1 Å². The van der Waals surface area contributed by atoms with E-state index in [0.717, 1.165) is 12.2 Å². The summed E-state index contributed by atoms with van der Waals surface area (Å²) in [7, 11) is 0. The first-order valence-corrected chi connectivity index (χ1v) is 8.89. The number of benzene rings is 1. The maximum atomic E-state index is 12.0. The van der Waals surface area contributed by atoms with Gasteiger partial charge >= 0.3 is 0 Å². The lowest BCUT2D eigenvalue weighted by Crippen LogP contribution is -2.25. The number of rotatable bonds is 10. The molecular weight excluding hydrogens is 332 g/mol. The lowest BCUT2D eigenvalue weighted by atomic mass is 10.1. The van der Waals surface area contributed by atoms with Gasteiger partial charge in [0.15, 0.2) is 5.76 Å². The summed E-state index contributed by atoms with van der Waals surface area (Å²) in [6.07, 6.45) is 3.29. The second-order valence-electron chi connectivity index (χ2n) is 6.44. The summed E-state index contributed by atoms with van der Waals surface area (Å²) in [4.78, 5) is 23.7. The van der Waals surface area contributed by atoms with Gasteiger partial charge in [-0.25, -0.2) is 0 Å². The van der Waals surface area contributed by atoms with Crippen molar-refractivity contribution in [3.63, 3.8) is 0 Å². The fraction of sp³-hybridized carbons (Fsp3) is 0.400. The van der Waals surface area contributed by atoms with Crippen LogP contribution >= 0.6 is 0 Å². The molecule has 26 heavy (non-hydrogen) atoms. The predicted molar refractivity (Wildman–Crippen MR) is 100 cm³/mol. The van der Waals surface area contributed by atoms with Gasteiger partial charge in [-0.05, 0) is 43.0 Å². The van der Waals surface area contributed by atoms with Crippen molar-refractivity contribution in [1.29, 1.82) is 0 Å². The number of furan rings is 1. The molecule has 0 saturated carbocycles. The van der Waals surface area contributed by atoms with E-state index in [2.05, 4.69) is 24.5 Å². The van der Waals surface area contributed by atoms with Crippen molar-refractivity contribution in [2.75, 3.05) is 18.5 Å². The second-order valence-corrected chi connectivity index (χ2v) is 6.44. The zero-order chi connectivity index (χ0) is 18.8. The molecule has 1 aromatic heterocycles. The third kappa shape index (κ3) is 7.01. The minimum absolute atomic E-state index is 0.100. The maximum absolute atomic E-state index is 12.0. The van der Waals surface area contributed by atoms with Crippen LogP contribution in [0.4, 0.5) is 5.69 Å². The summed E-state index contributed by atoms with van der Waals surface area (Å²) >= 11 is 0. The van der Waals surface area contributed by atoms with Gasteiger partial charge in [0, 0.05) is 24.7 Å². The summed E-state index contributed by atoms with van der Waals surface area (Å²) in [5.41, 5.74) is 0.705. The Labute approximate surface area is 153 Å². The van der Waals surface area contributed by atoms with Gasteiger partial charge in [-0.2, -0.15) is 0 Å². The summed E-state index contributed by atoms with van der Waals surface area (Å²) in [6, 6.07) is 10.6. The van der Waals surface area contributed by atoms with E-state index in [1.165, 1.54) is 6.26 Å². The van der Waals surface area contributed by atoms with E-state index in [4.69, 9.17) is 9.15 Å². The highest BCUT2D eigenvalue weighted by atomic mass is 16.5. The van der Waals surface area contributed by atoms with Gasteiger partial charge in [-0.15, -0.1) is 0 Å². The van der Waals surface area contributed by atoms with Crippen LogP contribution in [0, 0.1) is 5.92 Å². The number of hydrogen-bond acceptors (Lipinski definition) is 4. The lowest BCUT2D eigenvalue weighted by Gasteiger charge is -2.10. The Balaban J connectivity index is 1.68. The number of carbonyl (C=O) groups excluding carboxylic acids is 2. The smallest absolute Gasteiger partial charge is 0.286 e. The van der Waals surface area contributed by atoms with Crippen molar-refractivity contribution in [2.45, 2.75) is 33.1 Å². The zero-order valence-electron chi connectivity index (χ0n) is 15.3. The number of anilines is 1. The molecule has 6 nitrogen and oxygen atoms in total. The van der Waals surface area contributed by atoms with Crippen LogP contribution in [0.15, 0.2) is 47.1 Å². The molecule has 2 amide bonds. The van der Waals surface area contributed by atoms with Gasteiger partial charge in [-0.3, -0.25) is 9.59 Å². The van der Waals surface area contributed by atoms with Crippen molar-refractivity contribution in [1.82, 2.24) is 5.32 Å². The van der Waals surface area contributed by atoms with Crippen molar-refractivity contribution in [2.24, 2.45) is 5.92 Å². The van der Waals surface area contributed by atoms with Crippen molar-refractivity contribution >= 4 is 17.5 Å². The molecule has 1 aromatic carbocycles. The Bertz CT molecular complexity index is 696. The molecule has 2 aromatic rings. The molecule has 1 heterocycles. The average Bonchev–Trinajstić information content (AvgIpc) is 3.13.